The van der Waals surface area contributed by atoms with Crippen molar-refractivity contribution >= 4 is 11.6 Å². The average molecular weight is 270 g/mol. The number of hydrogen-bond donors (Lipinski definition) is 2. The Morgan fingerprint density at radius 2 is 2.11 bits per heavy atom. The van der Waals surface area contributed by atoms with Gasteiger partial charge in [0.25, 0.3) is 0 Å². The van der Waals surface area contributed by atoms with E-state index in [1.165, 1.54) is 5.56 Å². The Balaban J connectivity index is 2.48. The molecule has 1 aromatic carbocycles. The smallest absolute Gasteiger partial charge is 0.0431 e. The van der Waals surface area contributed by atoms with Crippen LogP contribution in [0, 0.1) is 5.41 Å². The van der Waals surface area contributed by atoms with Crippen molar-refractivity contribution in [3.05, 3.63) is 34.9 Å². The number of halogens is 1. The molecule has 1 rings (SSSR count). The van der Waals surface area contributed by atoms with Crippen molar-refractivity contribution in [1.29, 1.82) is 0 Å². The van der Waals surface area contributed by atoms with Crippen molar-refractivity contribution in [3.63, 3.8) is 0 Å². The Morgan fingerprint density at radius 3 is 2.72 bits per heavy atom. The van der Waals surface area contributed by atoms with Gasteiger partial charge in [-0.05, 0) is 42.9 Å². The molecule has 0 fully saturated rings. The lowest BCUT2D eigenvalue weighted by molar-refractivity contribution is 0.233. The van der Waals surface area contributed by atoms with Crippen molar-refractivity contribution < 1.29 is 5.11 Å². The van der Waals surface area contributed by atoms with Crippen LogP contribution >= 0.6 is 11.6 Å². The SMILES string of the molecule is CC(NCC(C)(C)CCCO)c1cccc(Cl)c1. The van der Waals surface area contributed by atoms with Gasteiger partial charge in [-0.1, -0.05) is 37.6 Å². The minimum absolute atomic E-state index is 0.204. The van der Waals surface area contributed by atoms with E-state index in [0.717, 1.165) is 24.4 Å². The van der Waals surface area contributed by atoms with Crippen LogP contribution < -0.4 is 5.32 Å². The highest BCUT2D eigenvalue weighted by Crippen LogP contribution is 2.23. The minimum Gasteiger partial charge on any atom is -0.396 e. The van der Waals surface area contributed by atoms with E-state index in [9.17, 15) is 0 Å². The highest BCUT2D eigenvalue weighted by atomic mass is 35.5. The number of hydrogen-bond acceptors (Lipinski definition) is 2. The van der Waals surface area contributed by atoms with Crippen molar-refractivity contribution in [2.24, 2.45) is 5.41 Å². The Bertz CT molecular complexity index is 365. The van der Waals surface area contributed by atoms with Gasteiger partial charge in [0.2, 0.25) is 0 Å². The Morgan fingerprint density at radius 1 is 1.39 bits per heavy atom. The van der Waals surface area contributed by atoms with Crippen LogP contribution in [-0.2, 0) is 0 Å². The summed E-state index contributed by atoms with van der Waals surface area (Å²) in [6, 6.07) is 8.25. The molecular formula is C15H24ClNO. The molecule has 102 valence electrons. The molecule has 0 aliphatic carbocycles. The predicted molar refractivity (Wildman–Crippen MR) is 78.0 cm³/mol. The van der Waals surface area contributed by atoms with Crippen LogP contribution in [0.1, 0.15) is 45.2 Å². The molecule has 18 heavy (non-hydrogen) atoms. The van der Waals surface area contributed by atoms with Crippen LogP contribution in [0.4, 0.5) is 0 Å². The average Bonchev–Trinajstić information content (AvgIpc) is 2.34. The van der Waals surface area contributed by atoms with Gasteiger partial charge >= 0.3 is 0 Å². The van der Waals surface area contributed by atoms with Crippen LogP contribution in [-0.4, -0.2) is 18.3 Å². The standard InChI is InChI=1S/C15H24ClNO/c1-12(13-6-4-7-14(16)10-13)17-11-15(2,3)8-5-9-18/h4,6-7,10,12,17-18H,5,8-9,11H2,1-3H3. The molecular weight excluding hydrogens is 246 g/mol. The van der Waals surface area contributed by atoms with Crippen LogP contribution in [0.5, 0.6) is 0 Å². The molecule has 0 saturated carbocycles. The fraction of sp³-hybridized carbons (Fsp3) is 0.600. The van der Waals surface area contributed by atoms with Crippen molar-refractivity contribution in [3.8, 4) is 0 Å². The molecule has 0 heterocycles. The zero-order valence-electron chi connectivity index (χ0n) is 11.5. The summed E-state index contributed by atoms with van der Waals surface area (Å²) in [6.45, 7) is 7.79. The third kappa shape index (κ3) is 5.38. The molecule has 0 bridgehead atoms. The largest absolute Gasteiger partial charge is 0.396 e. The zero-order chi connectivity index (χ0) is 13.6. The molecule has 2 N–H and O–H groups in total. The van der Waals surface area contributed by atoms with Gasteiger partial charge in [0.1, 0.15) is 0 Å². The summed E-state index contributed by atoms with van der Waals surface area (Å²) in [4.78, 5) is 0. The summed E-state index contributed by atoms with van der Waals surface area (Å²) >= 11 is 5.99. The molecule has 0 aliphatic rings. The second-order valence-electron chi connectivity index (χ2n) is 5.65. The first-order chi connectivity index (χ1) is 8.44. The summed E-state index contributed by atoms with van der Waals surface area (Å²) < 4.78 is 0. The quantitative estimate of drug-likeness (QED) is 0.789. The number of aliphatic hydroxyl groups is 1. The van der Waals surface area contributed by atoms with Crippen LogP contribution in [0.2, 0.25) is 5.02 Å². The molecule has 1 atom stereocenters. The third-order valence-electron chi connectivity index (χ3n) is 3.25. The fourth-order valence-electron chi connectivity index (χ4n) is 1.97. The lowest BCUT2D eigenvalue weighted by Crippen LogP contribution is -2.31. The maximum atomic E-state index is 8.88. The molecule has 0 saturated heterocycles. The topological polar surface area (TPSA) is 32.3 Å². The molecule has 1 aromatic rings. The Labute approximate surface area is 115 Å². The van der Waals surface area contributed by atoms with Gasteiger partial charge in [-0.15, -0.1) is 0 Å². The maximum Gasteiger partial charge on any atom is 0.0431 e. The van der Waals surface area contributed by atoms with Crippen LogP contribution in [0.15, 0.2) is 24.3 Å². The van der Waals surface area contributed by atoms with Crippen molar-refractivity contribution in [2.75, 3.05) is 13.2 Å². The number of benzene rings is 1. The lowest BCUT2D eigenvalue weighted by Gasteiger charge is -2.27. The molecule has 0 spiro atoms. The van der Waals surface area contributed by atoms with E-state index < -0.39 is 0 Å². The Kier molecular flexibility index (Phi) is 6.13. The van der Waals surface area contributed by atoms with Gasteiger partial charge in [0.05, 0.1) is 0 Å². The number of nitrogens with one attached hydrogen (secondary N) is 1. The molecule has 0 aromatic heterocycles. The van der Waals surface area contributed by atoms with E-state index >= 15 is 0 Å². The van der Waals surface area contributed by atoms with Gasteiger partial charge in [-0.25, -0.2) is 0 Å². The highest BCUT2D eigenvalue weighted by molar-refractivity contribution is 6.30. The van der Waals surface area contributed by atoms with Crippen molar-refractivity contribution in [1.82, 2.24) is 5.32 Å². The van der Waals surface area contributed by atoms with E-state index in [0.29, 0.717) is 0 Å². The Hall–Kier alpha value is -0.570. The van der Waals surface area contributed by atoms with E-state index in [4.69, 9.17) is 16.7 Å². The van der Waals surface area contributed by atoms with Gasteiger partial charge < -0.3 is 10.4 Å². The normalized spacial score (nSPS) is 13.6. The monoisotopic (exact) mass is 269 g/mol. The highest BCUT2D eigenvalue weighted by Gasteiger charge is 2.18. The maximum absolute atomic E-state index is 8.88. The van der Waals surface area contributed by atoms with E-state index in [-0.39, 0.29) is 18.1 Å². The van der Waals surface area contributed by atoms with E-state index in [1.807, 2.05) is 18.2 Å². The molecule has 0 radical (unpaired) electrons. The number of rotatable bonds is 7. The van der Waals surface area contributed by atoms with Crippen molar-refractivity contribution in [2.45, 2.75) is 39.7 Å². The summed E-state index contributed by atoms with van der Waals surface area (Å²) in [7, 11) is 0. The molecule has 0 amide bonds. The number of aliphatic hydroxyl groups excluding tert-OH is 1. The third-order valence-corrected chi connectivity index (χ3v) is 3.48. The molecule has 2 nitrogen and oxygen atoms in total. The second kappa shape index (κ2) is 7.13. The summed E-state index contributed by atoms with van der Waals surface area (Å²) in [6.07, 6.45) is 1.89. The summed E-state index contributed by atoms with van der Waals surface area (Å²) in [5, 5.41) is 13.2. The van der Waals surface area contributed by atoms with E-state index in [2.05, 4.69) is 32.2 Å². The summed E-state index contributed by atoms with van der Waals surface area (Å²) in [5.74, 6) is 0. The van der Waals surface area contributed by atoms with Crippen LogP contribution in [0.3, 0.4) is 0 Å². The lowest BCUT2D eigenvalue weighted by atomic mass is 9.87. The fourth-order valence-corrected chi connectivity index (χ4v) is 2.17. The molecule has 0 aliphatic heterocycles. The summed E-state index contributed by atoms with van der Waals surface area (Å²) in [5.41, 5.74) is 1.41. The van der Waals surface area contributed by atoms with Gasteiger partial charge in [0, 0.05) is 24.2 Å². The van der Waals surface area contributed by atoms with E-state index in [1.54, 1.807) is 0 Å². The first-order valence-electron chi connectivity index (χ1n) is 6.54. The van der Waals surface area contributed by atoms with Gasteiger partial charge in [0.15, 0.2) is 0 Å². The van der Waals surface area contributed by atoms with Gasteiger partial charge in [-0.3, -0.25) is 0 Å². The first-order valence-corrected chi connectivity index (χ1v) is 6.92. The molecule has 3 heteroatoms. The zero-order valence-corrected chi connectivity index (χ0v) is 12.3. The van der Waals surface area contributed by atoms with Gasteiger partial charge in [-0.2, -0.15) is 0 Å². The minimum atomic E-state index is 0.204. The first kappa shape index (κ1) is 15.5. The predicted octanol–water partition coefficient (Wildman–Crippen LogP) is 3.79. The van der Waals surface area contributed by atoms with Crippen LogP contribution in [0.25, 0.3) is 0 Å². The molecule has 1 unspecified atom stereocenters. The second-order valence-corrected chi connectivity index (χ2v) is 6.09.